The maximum atomic E-state index is 10.3. The molecule has 0 atom stereocenters. The van der Waals surface area contributed by atoms with E-state index < -0.39 is 5.97 Å². The molecule has 0 bridgehead atoms. The highest BCUT2D eigenvalue weighted by molar-refractivity contribution is 5.78. The average molecular weight is 246 g/mol. The molecule has 0 saturated heterocycles. The largest absolute Gasteiger partial charge is 1.00 e. The molecule has 1 heterocycles. The van der Waals surface area contributed by atoms with E-state index in [9.17, 15) is 4.79 Å². The zero-order chi connectivity index (χ0) is 11.1. The molecule has 0 aliphatic carbocycles. The average Bonchev–Trinajstić information content (AvgIpc) is 2.61. The Morgan fingerprint density at radius 1 is 1.62 bits per heavy atom. The lowest BCUT2D eigenvalue weighted by Crippen LogP contribution is -3.00. The van der Waals surface area contributed by atoms with Gasteiger partial charge in [-0.3, -0.25) is 14.7 Å². The highest BCUT2D eigenvalue weighted by Gasteiger charge is 2.19. The van der Waals surface area contributed by atoms with Gasteiger partial charge in [-0.1, -0.05) is 0 Å². The molecule has 0 fully saturated rings. The number of aliphatic carboxylic acids is 1. The Labute approximate surface area is 101 Å². The number of halogens is 1. The van der Waals surface area contributed by atoms with E-state index in [-0.39, 0.29) is 18.8 Å². The number of hydrogen-bond acceptors (Lipinski definition) is 3. The van der Waals surface area contributed by atoms with Crippen LogP contribution in [0.2, 0.25) is 0 Å². The number of nitrogens with zero attached hydrogens (tertiary/aromatic N) is 2. The molecule has 0 aromatic carbocycles. The summed E-state index contributed by atoms with van der Waals surface area (Å²) in [5.41, 5.74) is 0. The van der Waals surface area contributed by atoms with Crippen LogP contribution in [-0.2, 0) is 4.79 Å². The van der Waals surface area contributed by atoms with Gasteiger partial charge in [0.2, 0.25) is 5.84 Å². The summed E-state index contributed by atoms with van der Waals surface area (Å²) in [6, 6.07) is 2.12. The second-order valence-electron chi connectivity index (χ2n) is 3.55. The van der Waals surface area contributed by atoms with E-state index in [1.54, 1.807) is 0 Å². The van der Waals surface area contributed by atoms with Gasteiger partial charge >= 0.3 is 5.97 Å². The van der Waals surface area contributed by atoms with Gasteiger partial charge in [0.05, 0.1) is 19.5 Å². The second kappa shape index (κ2) is 7.94. The second-order valence-corrected chi connectivity index (χ2v) is 3.55. The predicted molar refractivity (Wildman–Crippen MR) is 54.7 cm³/mol. The fourth-order valence-corrected chi connectivity index (χ4v) is 1.66. The van der Waals surface area contributed by atoms with Crippen molar-refractivity contribution in [2.75, 3.05) is 19.6 Å². The lowest BCUT2D eigenvalue weighted by molar-refractivity contribution is -0.509. The number of amidine groups is 1. The molecule has 5 nitrogen and oxygen atoms in total. The summed E-state index contributed by atoms with van der Waals surface area (Å²) < 4.78 is 2.01. The van der Waals surface area contributed by atoms with Crippen LogP contribution in [0.5, 0.6) is 0 Å². The van der Waals surface area contributed by atoms with E-state index in [1.165, 1.54) is 0 Å². The first-order valence-corrected chi connectivity index (χ1v) is 5.17. The number of nitriles is 1. The number of carbonyl (C=O) groups is 1. The Morgan fingerprint density at radius 3 is 3.00 bits per heavy atom. The summed E-state index contributed by atoms with van der Waals surface area (Å²) in [5.74, 6) is 0.323. The van der Waals surface area contributed by atoms with Crippen molar-refractivity contribution in [3.63, 3.8) is 0 Å². The number of nitrogens with one attached hydrogen (secondary N) is 1. The first-order chi connectivity index (χ1) is 7.24. The molecule has 6 heteroatoms. The van der Waals surface area contributed by atoms with Crippen LogP contribution in [0.25, 0.3) is 0 Å². The molecule has 0 spiro atoms. The molecular weight excluding hydrogens is 230 g/mol. The third-order valence-electron chi connectivity index (χ3n) is 2.38. The lowest BCUT2D eigenvalue weighted by Gasteiger charge is -2.01. The molecule has 0 aromatic rings. The Bertz CT molecular complexity index is 310. The lowest BCUT2D eigenvalue weighted by atomic mass is 10.3. The van der Waals surface area contributed by atoms with Crippen LogP contribution < -0.4 is 17.7 Å². The maximum absolute atomic E-state index is 10.3. The molecule has 0 aromatic heterocycles. The van der Waals surface area contributed by atoms with Crippen molar-refractivity contribution in [3.8, 4) is 6.07 Å². The van der Waals surface area contributed by atoms with Gasteiger partial charge in [-0.15, -0.1) is 0 Å². The number of rotatable bonds is 5. The van der Waals surface area contributed by atoms with E-state index in [2.05, 4.69) is 11.4 Å². The van der Waals surface area contributed by atoms with Gasteiger partial charge in [-0.2, -0.15) is 5.26 Å². The zero-order valence-electron chi connectivity index (χ0n) is 9.08. The highest BCUT2D eigenvalue weighted by atomic mass is 35.5. The maximum Gasteiger partial charge on any atom is 0.303 e. The van der Waals surface area contributed by atoms with Gasteiger partial charge in [0.25, 0.3) is 0 Å². The molecule has 0 amide bonds. The van der Waals surface area contributed by atoms with Gasteiger partial charge in [0.1, 0.15) is 6.07 Å². The van der Waals surface area contributed by atoms with Crippen molar-refractivity contribution < 1.29 is 26.9 Å². The van der Waals surface area contributed by atoms with E-state index in [1.807, 2.05) is 4.58 Å². The van der Waals surface area contributed by atoms with Crippen LogP contribution in [0.4, 0.5) is 0 Å². The van der Waals surface area contributed by atoms with Gasteiger partial charge in [-0.25, -0.2) is 0 Å². The Hall–Kier alpha value is -1.28. The van der Waals surface area contributed by atoms with Gasteiger partial charge < -0.3 is 17.5 Å². The van der Waals surface area contributed by atoms with Crippen molar-refractivity contribution in [2.45, 2.75) is 25.7 Å². The molecule has 90 valence electrons. The highest BCUT2D eigenvalue weighted by Crippen LogP contribution is 2.02. The molecule has 1 rings (SSSR count). The smallest absolute Gasteiger partial charge is 0.303 e. The predicted octanol–water partition coefficient (Wildman–Crippen LogP) is -2.83. The monoisotopic (exact) mass is 245 g/mol. The van der Waals surface area contributed by atoms with Crippen molar-refractivity contribution in [1.29, 1.82) is 5.26 Å². The van der Waals surface area contributed by atoms with E-state index in [0.717, 1.165) is 25.2 Å². The van der Waals surface area contributed by atoms with Crippen molar-refractivity contribution >= 4 is 11.8 Å². The fraction of sp³-hybridized carbons (Fsp3) is 0.700. The standard InChI is InChI=1S/C10H15N3O2.ClH/c11-5-8-13-7-2-3-9(13)12-6-1-4-10(14)15;/h1-4,6-8H2,(H,14,15);1H. The first kappa shape index (κ1) is 14.7. The summed E-state index contributed by atoms with van der Waals surface area (Å²) in [4.78, 5) is 10.3. The summed E-state index contributed by atoms with van der Waals surface area (Å²) >= 11 is 0. The SMILES string of the molecule is N#CC[N+]1=C(NCCCC(=O)O)CCC1.[Cl-]. The minimum Gasteiger partial charge on any atom is -1.00 e. The van der Waals surface area contributed by atoms with Crippen LogP contribution >= 0.6 is 0 Å². The van der Waals surface area contributed by atoms with Crippen molar-refractivity contribution in [1.82, 2.24) is 5.32 Å². The third-order valence-corrected chi connectivity index (χ3v) is 2.38. The molecule has 0 unspecified atom stereocenters. The molecule has 1 aliphatic rings. The van der Waals surface area contributed by atoms with Gasteiger partial charge in [0, 0.05) is 6.42 Å². The number of carboxylic acids is 1. The zero-order valence-corrected chi connectivity index (χ0v) is 9.83. The Balaban J connectivity index is 0.00000225. The Morgan fingerprint density at radius 2 is 2.38 bits per heavy atom. The molecule has 0 radical (unpaired) electrons. The van der Waals surface area contributed by atoms with Crippen LogP contribution in [0.15, 0.2) is 0 Å². The number of hydrogen-bond donors (Lipinski definition) is 2. The van der Waals surface area contributed by atoms with Crippen LogP contribution in [0.1, 0.15) is 25.7 Å². The van der Waals surface area contributed by atoms with Gasteiger partial charge in [0.15, 0.2) is 6.54 Å². The van der Waals surface area contributed by atoms with Crippen LogP contribution in [0.3, 0.4) is 0 Å². The van der Waals surface area contributed by atoms with E-state index >= 15 is 0 Å². The van der Waals surface area contributed by atoms with Gasteiger partial charge in [-0.05, 0) is 12.8 Å². The summed E-state index contributed by atoms with van der Waals surface area (Å²) in [7, 11) is 0. The van der Waals surface area contributed by atoms with Crippen molar-refractivity contribution in [2.24, 2.45) is 0 Å². The summed E-state index contributed by atoms with van der Waals surface area (Å²) in [6.07, 6.45) is 2.86. The molecule has 2 N–H and O–H groups in total. The normalized spacial score (nSPS) is 14.2. The number of carboxylic acid groups (broad SMARTS) is 1. The minimum atomic E-state index is -0.762. The Kier molecular flexibility index (Phi) is 7.31. The molecule has 1 aliphatic heterocycles. The molecule has 16 heavy (non-hydrogen) atoms. The molecule has 0 saturated carbocycles. The first-order valence-electron chi connectivity index (χ1n) is 5.17. The van der Waals surface area contributed by atoms with E-state index in [4.69, 9.17) is 10.4 Å². The van der Waals surface area contributed by atoms with E-state index in [0.29, 0.717) is 19.5 Å². The fourth-order valence-electron chi connectivity index (χ4n) is 1.66. The third kappa shape index (κ3) is 4.99. The summed E-state index contributed by atoms with van der Waals surface area (Å²) in [6.45, 7) is 2.01. The minimum absolute atomic E-state index is 0. The molecular formula is C10H16ClN3O2. The van der Waals surface area contributed by atoms with Crippen LogP contribution in [0, 0.1) is 11.3 Å². The summed E-state index contributed by atoms with van der Waals surface area (Å²) in [5, 5.41) is 20.2. The van der Waals surface area contributed by atoms with Crippen LogP contribution in [-0.4, -0.2) is 41.1 Å². The topological polar surface area (TPSA) is 76.1 Å². The van der Waals surface area contributed by atoms with Crippen molar-refractivity contribution in [3.05, 3.63) is 0 Å². The quantitative estimate of drug-likeness (QED) is 0.311.